The molecule has 0 radical (unpaired) electrons. The molecule has 6 nitrogen and oxygen atoms in total. The molecule has 1 aliphatic heterocycles. The fraction of sp³-hybridized carbons (Fsp3) is 0.692. The van der Waals surface area contributed by atoms with Crippen LogP contribution in [0.2, 0.25) is 0 Å². The molecule has 0 amide bonds. The number of anilines is 3. The summed E-state index contributed by atoms with van der Waals surface area (Å²) in [4.78, 5) is 10.7. The molecule has 0 unspecified atom stereocenters. The molecular weight excluding hydrogens is 242 g/mol. The van der Waals surface area contributed by atoms with Gasteiger partial charge in [-0.1, -0.05) is 13.8 Å². The second-order valence-corrected chi connectivity index (χ2v) is 5.17. The number of hydrogen-bond acceptors (Lipinski definition) is 6. The summed E-state index contributed by atoms with van der Waals surface area (Å²) in [6.07, 6.45) is 2.66. The minimum absolute atomic E-state index is 0.633. The first kappa shape index (κ1) is 13.9. The van der Waals surface area contributed by atoms with Crippen molar-refractivity contribution >= 4 is 17.3 Å². The number of morpholine rings is 1. The third-order valence-corrected chi connectivity index (χ3v) is 3.19. The Morgan fingerprint density at radius 3 is 2.79 bits per heavy atom. The molecule has 1 saturated heterocycles. The molecule has 6 heteroatoms. The van der Waals surface area contributed by atoms with Gasteiger partial charge in [-0.3, -0.25) is 0 Å². The van der Waals surface area contributed by atoms with Crippen molar-refractivity contribution in [2.24, 2.45) is 5.92 Å². The summed E-state index contributed by atoms with van der Waals surface area (Å²) in [6, 6.07) is 0. The highest BCUT2D eigenvalue weighted by Gasteiger charge is 2.17. The van der Waals surface area contributed by atoms with E-state index in [4.69, 9.17) is 10.5 Å². The van der Waals surface area contributed by atoms with Gasteiger partial charge in [0.2, 0.25) is 0 Å². The second kappa shape index (κ2) is 6.56. The molecule has 1 fully saturated rings. The van der Waals surface area contributed by atoms with Gasteiger partial charge in [-0.05, 0) is 12.3 Å². The SMILES string of the molecule is CC(C)CCNc1ncnc(N2CCOCC2)c1N. The van der Waals surface area contributed by atoms with Gasteiger partial charge in [0.15, 0.2) is 11.6 Å². The molecule has 2 rings (SSSR count). The maximum absolute atomic E-state index is 6.16. The normalized spacial score (nSPS) is 15.8. The lowest BCUT2D eigenvalue weighted by molar-refractivity contribution is 0.122. The van der Waals surface area contributed by atoms with Gasteiger partial charge in [-0.2, -0.15) is 0 Å². The summed E-state index contributed by atoms with van der Waals surface area (Å²) < 4.78 is 5.34. The van der Waals surface area contributed by atoms with Crippen molar-refractivity contribution in [3.8, 4) is 0 Å². The molecule has 2 heterocycles. The van der Waals surface area contributed by atoms with Gasteiger partial charge in [-0.25, -0.2) is 9.97 Å². The first-order valence-electron chi connectivity index (χ1n) is 6.85. The van der Waals surface area contributed by atoms with Crippen LogP contribution in [0.3, 0.4) is 0 Å². The maximum Gasteiger partial charge on any atom is 0.157 e. The highest BCUT2D eigenvalue weighted by Crippen LogP contribution is 2.26. The zero-order valence-corrected chi connectivity index (χ0v) is 11.7. The molecular formula is C13H23N5O. The number of hydrogen-bond donors (Lipinski definition) is 2. The summed E-state index contributed by atoms with van der Waals surface area (Å²) in [6.45, 7) is 8.37. The third kappa shape index (κ3) is 3.70. The first-order valence-corrected chi connectivity index (χ1v) is 6.85. The maximum atomic E-state index is 6.16. The van der Waals surface area contributed by atoms with Crippen molar-refractivity contribution in [1.82, 2.24) is 9.97 Å². The predicted molar refractivity (Wildman–Crippen MR) is 77.4 cm³/mol. The van der Waals surface area contributed by atoms with Gasteiger partial charge >= 0.3 is 0 Å². The number of rotatable bonds is 5. The molecule has 0 aliphatic carbocycles. The zero-order valence-electron chi connectivity index (χ0n) is 11.7. The van der Waals surface area contributed by atoms with Crippen molar-refractivity contribution in [2.75, 3.05) is 48.8 Å². The van der Waals surface area contributed by atoms with E-state index in [0.29, 0.717) is 11.6 Å². The molecule has 3 N–H and O–H groups in total. The van der Waals surface area contributed by atoms with E-state index in [9.17, 15) is 0 Å². The topological polar surface area (TPSA) is 76.3 Å². The summed E-state index contributed by atoms with van der Waals surface area (Å²) in [5.41, 5.74) is 6.79. The van der Waals surface area contributed by atoms with E-state index in [0.717, 1.165) is 50.9 Å². The van der Waals surface area contributed by atoms with E-state index in [1.54, 1.807) is 6.33 Å². The smallest absolute Gasteiger partial charge is 0.157 e. The summed E-state index contributed by atoms with van der Waals surface area (Å²) in [5, 5.41) is 3.29. The molecule has 1 aromatic rings. The van der Waals surface area contributed by atoms with E-state index in [1.165, 1.54) is 0 Å². The van der Waals surface area contributed by atoms with Gasteiger partial charge in [-0.15, -0.1) is 0 Å². The van der Waals surface area contributed by atoms with E-state index >= 15 is 0 Å². The van der Waals surface area contributed by atoms with E-state index in [1.807, 2.05) is 0 Å². The number of nitrogens with one attached hydrogen (secondary N) is 1. The van der Waals surface area contributed by atoms with Crippen LogP contribution in [0.5, 0.6) is 0 Å². The summed E-state index contributed by atoms with van der Waals surface area (Å²) >= 11 is 0. The van der Waals surface area contributed by atoms with Crippen LogP contribution >= 0.6 is 0 Å². The first-order chi connectivity index (χ1) is 9.18. The molecule has 19 heavy (non-hydrogen) atoms. The van der Waals surface area contributed by atoms with Crippen LogP contribution in [0.15, 0.2) is 6.33 Å². The van der Waals surface area contributed by atoms with Gasteiger partial charge < -0.3 is 20.7 Å². The van der Waals surface area contributed by atoms with Crippen molar-refractivity contribution in [3.05, 3.63) is 6.33 Å². The Morgan fingerprint density at radius 1 is 1.37 bits per heavy atom. The minimum Gasteiger partial charge on any atom is -0.393 e. The number of ether oxygens (including phenoxy) is 1. The van der Waals surface area contributed by atoms with Gasteiger partial charge in [0.1, 0.15) is 12.0 Å². The molecule has 0 aromatic carbocycles. The molecule has 0 bridgehead atoms. The predicted octanol–water partition coefficient (Wildman–Crippen LogP) is 1.35. The van der Waals surface area contributed by atoms with E-state index in [-0.39, 0.29) is 0 Å². The Kier molecular flexibility index (Phi) is 4.79. The van der Waals surface area contributed by atoms with Crippen molar-refractivity contribution in [2.45, 2.75) is 20.3 Å². The Labute approximate surface area is 114 Å². The third-order valence-electron chi connectivity index (χ3n) is 3.19. The monoisotopic (exact) mass is 265 g/mol. The molecule has 0 saturated carbocycles. The van der Waals surface area contributed by atoms with Gasteiger partial charge in [0.05, 0.1) is 13.2 Å². The fourth-order valence-electron chi connectivity index (χ4n) is 2.03. The van der Waals surface area contributed by atoms with Crippen LogP contribution in [0.25, 0.3) is 0 Å². The molecule has 106 valence electrons. The highest BCUT2D eigenvalue weighted by atomic mass is 16.5. The number of nitrogens with two attached hydrogens (primary N) is 1. The summed E-state index contributed by atoms with van der Waals surface area (Å²) in [5.74, 6) is 2.21. The van der Waals surface area contributed by atoms with E-state index < -0.39 is 0 Å². The van der Waals surface area contributed by atoms with Crippen molar-refractivity contribution < 1.29 is 4.74 Å². The van der Waals surface area contributed by atoms with Crippen LogP contribution in [0, 0.1) is 5.92 Å². The van der Waals surface area contributed by atoms with Crippen molar-refractivity contribution in [1.29, 1.82) is 0 Å². The lowest BCUT2D eigenvalue weighted by Gasteiger charge is -2.29. The largest absolute Gasteiger partial charge is 0.393 e. The lowest BCUT2D eigenvalue weighted by atomic mass is 10.1. The quantitative estimate of drug-likeness (QED) is 0.837. The number of nitrogen functional groups attached to an aromatic ring is 1. The van der Waals surface area contributed by atoms with Crippen LogP contribution < -0.4 is 16.0 Å². The Bertz CT molecular complexity index is 404. The average molecular weight is 265 g/mol. The van der Waals surface area contributed by atoms with Crippen molar-refractivity contribution in [3.63, 3.8) is 0 Å². The summed E-state index contributed by atoms with van der Waals surface area (Å²) in [7, 11) is 0. The van der Waals surface area contributed by atoms with Crippen LogP contribution in [0.1, 0.15) is 20.3 Å². The Hall–Kier alpha value is -1.56. The fourth-order valence-corrected chi connectivity index (χ4v) is 2.03. The van der Waals surface area contributed by atoms with E-state index in [2.05, 4.69) is 34.0 Å². The minimum atomic E-state index is 0.633. The van der Waals surface area contributed by atoms with Crippen LogP contribution in [-0.4, -0.2) is 42.8 Å². The Balaban J connectivity index is 2.04. The standard InChI is InChI=1S/C13H23N5O/c1-10(2)3-4-15-12-11(14)13(17-9-16-12)18-5-7-19-8-6-18/h9-10H,3-8,14H2,1-2H3,(H,15,16,17). The molecule has 1 aromatic heterocycles. The number of nitrogens with zero attached hydrogens (tertiary/aromatic N) is 3. The molecule has 0 atom stereocenters. The van der Waals surface area contributed by atoms with Gasteiger partial charge in [0, 0.05) is 19.6 Å². The van der Waals surface area contributed by atoms with Crippen LogP contribution in [0.4, 0.5) is 17.3 Å². The second-order valence-electron chi connectivity index (χ2n) is 5.17. The molecule has 1 aliphatic rings. The Morgan fingerprint density at radius 2 is 2.11 bits per heavy atom. The highest BCUT2D eigenvalue weighted by molar-refractivity contribution is 5.74. The zero-order chi connectivity index (χ0) is 13.7. The van der Waals surface area contributed by atoms with Gasteiger partial charge in [0.25, 0.3) is 0 Å². The average Bonchev–Trinajstić information content (AvgIpc) is 2.41. The molecule has 0 spiro atoms. The lowest BCUT2D eigenvalue weighted by Crippen LogP contribution is -2.37. The number of aromatic nitrogens is 2. The van der Waals surface area contributed by atoms with Crippen LogP contribution in [-0.2, 0) is 4.74 Å².